The van der Waals surface area contributed by atoms with Gasteiger partial charge in [-0.15, -0.1) is 23.7 Å². The maximum atomic E-state index is 13.2. The van der Waals surface area contributed by atoms with Gasteiger partial charge in [-0.3, -0.25) is 15.0 Å². The number of benzene rings is 1. The fraction of sp³-hybridized carbons (Fsp3) is 0.583. The molecule has 0 unspecified atom stereocenters. The first kappa shape index (κ1) is 28.7. The number of amides is 1. The second-order valence-electron chi connectivity index (χ2n) is 9.50. The van der Waals surface area contributed by atoms with Gasteiger partial charge in [0.25, 0.3) is 5.91 Å². The van der Waals surface area contributed by atoms with E-state index in [1.54, 1.807) is 16.4 Å². The number of aromatic nitrogens is 1. The van der Waals surface area contributed by atoms with Crippen molar-refractivity contribution in [3.8, 4) is 0 Å². The van der Waals surface area contributed by atoms with E-state index >= 15 is 0 Å². The van der Waals surface area contributed by atoms with E-state index in [1.807, 2.05) is 27.7 Å². The normalized spacial score (nSPS) is 14.4. The Hall–Kier alpha value is -1.52. The number of nitrogens with one attached hydrogen (secondary N) is 1. The summed E-state index contributed by atoms with van der Waals surface area (Å²) in [6.07, 6.45) is 2.02. The third-order valence-corrected chi connectivity index (χ3v) is 8.31. The molecule has 0 aliphatic carbocycles. The summed E-state index contributed by atoms with van der Waals surface area (Å²) < 4.78 is 27.9. The van der Waals surface area contributed by atoms with Crippen molar-refractivity contribution in [1.82, 2.24) is 14.2 Å². The molecule has 0 spiro atoms. The summed E-state index contributed by atoms with van der Waals surface area (Å²) in [5.41, 5.74) is 1.48. The summed E-state index contributed by atoms with van der Waals surface area (Å²) in [5.74, 6) is 0.167. The standard InChI is InChI=1S/C24H36N4O3S2.ClH/c1-6-12-27-13-11-21-22(16-27)32-24(25-21)26-23(29)19-7-9-20(10-8-19)33(30,31)28(14-17(2)3)15-18(4)5;/h7-10,17-18H,6,11-16H2,1-5H3,(H,25,26,29);1H. The van der Waals surface area contributed by atoms with Gasteiger partial charge >= 0.3 is 0 Å². The largest absolute Gasteiger partial charge is 0.298 e. The summed E-state index contributed by atoms with van der Waals surface area (Å²) in [5, 5.41) is 3.48. The quantitative estimate of drug-likeness (QED) is 0.475. The Morgan fingerprint density at radius 2 is 1.76 bits per heavy atom. The minimum Gasteiger partial charge on any atom is -0.298 e. The highest BCUT2D eigenvalue weighted by Gasteiger charge is 2.26. The van der Waals surface area contributed by atoms with E-state index in [0.717, 1.165) is 38.2 Å². The molecule has 7 nitrogen and oxygen atoms in total. The Balaban J connectivity index is 0.00000408. The fourth-order valence-corrected chi connectivity index (χ4v) is 6.80. The van der Waals surface area contributed by atoms with Crippen LogP contribution in [0, 0.1) is 11.8 Å². The lowest BCUT2D eigenvalue weighted by Crippen LogP contribution is -2.37. The van der Waals surface area contributed by atoms with Crippen molar-refractivity contribution in [2.24, 2.45) is 11.8 Å². The molecule has 0 saturated heterocycles. The Morgan fingerprint density at radius 3 is 2.32 bits per heavy atom. The molecular weight excluding hydrogens is 492 g/mol. The molecule has 1 amide bonds. The van der Waals surface area contributed by atoms with Crippen LogP contribution in [0.3, 0.4) is 0 Å². The molecule has 1 aliphatic rings. The van der Waals surface area contributed by atoms with Gasteiger partial charge in [-0.2, -0.15) is 4.31 Å². The van der Waals surface area contributed by atoms with E-state index in [4.69, 9.17) is 0 Å². The molecule has 1 aromatic heterocycles. The first-order valence-electron chi connectivity index (χ1n) is 11.7. The summed E-state index contributed by atoms with van der Waals surface area (Å²) in [7, 11) is -3.62. The lowest BCUT2D eigenvalue weighted by Gasteiger charge is -2.25. The number of fused-ring (bicyclic) bond motifs is 1. The summed E-state index contributed by atoms with van der Waals surface area (Å²) in [4.78, 5) is 21.2. The van der Waals surface area contributed by atoms with Crippen LogP contribution >= 0.6 is 23.7 Å². The van der Waals surface area contributed by atoms with E-state index < -0.39 is 10.0 Å². The number of anilines is 1. The minimum absolute atomic E-state index is 0. The lowest BCUT2D eigenvalue weighted by atomic mass is 10.2. The van der Waals surface area contributed by atoms with Crippen LogP contribution in [0.4, 0.5) is 5.13 Å². The number of halogens is 1. The van der Waals surface area contributed by atoms with E-state index in [0.29, 0.717) is 23.8 Å². The fourth-order valence-electron chi connectivity index (χ4n) is 3.99. The van der Waals surface area contributed by atoms with Crippen LogP contribution in [0.25, 0.3) is 0 Å². The van der Waals surface area contributed by atoms with Crippen LogP contribution in [0.2, 0.25) is 0 Å². The van der Waals surface area contributed by atoms with Crippen molar-refractivity contribution >= 4 is 44.8 Å². The van der Waals surface area contributed by atoms with Crippen molar-refractivity contribution in [3.05, 3.63) is 40.4 Å². The minimum atomic E-state index is -3.62. The van der Waals surface area contributed by atoms with Gasteiger partial charge in [0.1, 0.15) is 0 Å². The van der Waals surface area contributed by atoms with Crippen molar-refractivity contribution < 1.29 is 13.2 Å². The monoisotopic (exact) mass is 528 g/mol. The average Bonchev–Trinajstić information content (AvgIpc) is 3.14. The number of sulfonamides is 1. The SMILES string of the molecule is CCCN1CCc2nc(NC(=O)c3ccc(S(=O)(=O)N(CC(C)C)CC(C)C)cc3)sc2C1.Cl. The first-order chi connectivity index (χ1) is 15.6. The van der Waals surface area contributed by atoms with Gasteiger partial charge in [0.15, 0.2) is 5.13 Å². The predicted molar refractivity (Wildman–Crippen MR) is 141 cm³/mol. The molecule has 0 bridgehead atoms. The van der Waals surface area contributed by atoms with Gasteiger partial charge in [0.2, 0.25) is 10.0 Å². The maximum absolute atomic E-state index is 13.2. The third kappa shape index (κ3) is 7.24. The topological polar surface area (TPSA) is 82.6 Å². The van der Waals surface area contributed by atoms with Gasteiger partial charge in [0.05, 0.1) is 10.6 Å². The van der Waals surface area contributed by atoms with Gasteiger partial charge in [-0.05, 0) is 49.1 Å². The molecule has 1 aliphatic heterocycles. The summed E-state index contributed by atoms with van der Waals surface area (Å²) >= 11 is 1.52. The van der Waals surface area contributed by atoms with Crippen LogP contribution in [0.15, 0.2) is 29.2 Å². The Bertz CT molecular complexity index is 1040. The third-order valence-electron chi connectivity index (χ3n) is 5.46. The Kier molecular flexibility index (Phi) is 10.5. The summed E-state index contributed by atoms with van der Waals surface area (Å²) in [6.45, 7) is 14.1. The van der Waals surface area contributed by atoms with E-state index in [2.05, 4.69) is 22.1 Å². The number of carbonyl (C=O) groups excluding carboxylic acids is 1. The highest BCUT2D eigenvalue weighted by atomic mass is 35.5. The highest BCUT2D eigenvalue weighted by molar-refractivity contribution is 7.89. The van der Waals surface area contributed by atoms with Crippen LogP contribution in [0.5, 0.6) is 0 Å². The van der Waals surface area contributed by atoms with Gasteiger partial charge in [0, 0.05) is 43.0 Å². The summed E-state index contributed by atoms with van der Waals surface area (Å²) in [6, 6.07) is 6.18. The van der Waals surface area contributed by atoms with Crippen molar-refractivity contribution in [2.45, 2.75) is 58.9 Å². The van der Waals surface area contributed by atoms with Gasteiger partial charge < -0.3 is 0 Å². The number of rotatable bonds is 10. The second-order valence-corrected chi connectivity index (χ2v) is 12.5. The average molecular weight is 529 g/mol. The molecule has 1 aromatic carbocycles. The number of nitrogens with zero attached hydrogens (tertiary/aromatic N) is 3. The molecule has 2 aromatic rings. The molecule has 34 heavy (non-hydrogen) atoms. The smallest absolute Gasteiger partial charge is 0.257 e. The molecule has 10 heteroatoms. The molecule has 0 atom stereocenters. The maximum Gasteiger partial charge on any atom is 0.257 e. The molecule has 0 saturated carbocycles. The number of thiazole rings is 1. The number of hydrogen-bond acceptors (Lipinski definition) is 6. The van der Waals surface area contributed by atoms with E-state index in [9.17, 15) is 13.2 Å². The van der Waals surface area contributed by atoms with Crippen molar-refractivity contribution in [2.75, 3.05) is 31.5 Å². The van der Waals surface area contributed by atoms with Crippen LogP contribution in [-0.4, -0.2) is 54.7 Å². The zero-order valence-electron chi connectivity index (χ0n) is 20.7. The zero-order chi connectivity index (χ0) is 24.2. The zero-order valence-corrected chi connectivity index (χ0v) is 23.2. The van der Waals surface area contributed by atoms with Gasteiger partial charge in [-0.1, -0.05) is 34.6 Å². The first-order valence-corrected chi connectivity index (χ1v) is 14.0. The molecule has 3 rings (SSSR count). The predicted octanol–water partition coefficient (Wildman–Crippen LogP) is 4.89. The Labute approximate surface area is 214 Å². The van der Waals surface area contributed by atoms with Crippen LogP contribution < -0.4 is 5.32 Å². The van der Waals surface area contributed by atoms with Gasteiger partial charge in [-0.25, -0.2) is 13.4 Å². The second kappa shape index (κ2) is 12.4. The van der Waals surface area contributed by atoms with E-state index in [1.165, 1.54) is 28.3 Å². The van der Waals surface area contributed by atoms with Crippen molar-refractivity contribution in [3.63, 3.8) is 0 Å². The molecular formula is C24H37ClN4O3S2. The van der Waals surface area contributed by atoms with E-state index in [-0.39, 0.29) is 35.0 Å². The lowest BCUT2D eigenvalue weighted by molar-refractivity contribution is 0.102. The molecule has 0 fully saturated rings. The van der Waals surface area contributed by atoms with Crippen LogP contribution in [-0.2, 0) is 23.0 Å². The van der Waals surface area contributed by atoms with Crippen molar-refractivity contribution in [1.29, 1.82) is 0 Å². The highest BCUT2D eigenvalue weighted by Crippen LogP contribution is 2.29. The molecule has 1 N–H and O–H groups in total. The number of hydrogen-bond donors (Lipinski definition) is 1. The molecule has 0 radical (unpaired) electrons. The molecule has 190 valence electrons. The number of carbonyl (C=O) groups is 1. The molecule has 2 heterocycles. The Morgan fingerprint density at radius 1 is 1.15 bits per heavy atom. The van der Waals surface area contributed by atoms with Crippen LogP contribution in [0.1, 0.15) is 62.0 Å².